The molecule has 0 radical (unpaired) electrons. The van der Waals surface area contributed by atoms with Crippen LogP contribution in [0.15, 0.2) is 29.4 Å². The largest absolute Gasteiger partial charge is 0.453 e. The Hall–Kier alpha value is -2.57. The normalized spacial score (nSPS) is 10.7. The van der Waals surface area contributed by atoms with E-state index in [-0.39, 0.29) is 0 Å². The highest BCUT2D eigenvalue weighted by Gasteiger charge is 2.05. The fourth-order valence-corrected chi connectivity index (χ4v) is 1.17. The molecule has 1 rings (SSSR count). The van der Waals surface area contributed by atoms with Gasteiger partial charge in [0, 0.05) is 11.4 Å². The minimum atomic E-state index is -0.701. The van der Waals surface area contributed by atoms with Crippen LogP contribution in [0.1, 0.15) is 20.3 Å². The molecule has 0 aromatic heterocycles. The maximum atomic E-state index is 11.5. The van der Waals surface area contributed by atoms with Gasteiger partial charge in [-0.3, -0.25) is 15.5 Å². The summed E-state index contributed by atoms with van der Waals surface area (Å²) in [6, 6.07) is 6.54. The van der Waals surface area contributed by atoms with Gasteiger partial charge in [-0.15, -0.1) is 0 Å². The van der Waals surface area contributed by atoms with Gasteiger partial charge in [-0.05, 0) is 31.5 Å². The van der Waals surface area contributed by atoms with Crippen LogP contribution in [0.3, 0.4) is 0 Å². The highest BCUT2D eigenvalue weighted by molar-refractivity contribution is 5.89. The number of amides is 2. The molecular formula is C13H17N3O4. The number of oxime groups is 1. The van der Waals surface area contributed by atoms with Crippen molar-refractivity contribution in [2.24, 2.45) is 5.16 Å². The Morgan fingerprint density at radius 1 is 1.20 bits per heavy atom. The summed E-state index contributed by atoms with van der Waals surface area (Å²) in [6.45, 7) is 3.66. The lowest BCUT2D eigenvalue weighted by atomic mass is 10.3. The average molecular weight is 279 g/mol. The first-order chi connectivity index (χ1) is 9.55. The Bertz CT molecular complexity index is 514. The van der Waals surface area contributed by atoms with E-state index in [9.17, 15) is 9.59 Å². The second kappa shape index (κ2) is 7.78. The molecule has 1 aromatic rings. The number of anilines is 2. The molecule has 0 spiro atoms. The molecule has 7 heteroatoms. The van der Waals surface area contributed by atoms with E-state index >= 15 is 0 Å². The molecule has 1 aromatic carbocycles. The van der Waals surface area contributed by atoms with E-state index in [1.165, 1.54) is 7.11 Å². The quantitative estimate of drug-likeness (QED) is 0.503. The molecule has 0 bridgehead atoms. The van der Waals surface area contributed by atoms with Crippen molar-refractivity contribution in [1.82, 2.24) is 0 Å². The number of methoxy groups -OCH3 is 1. The van der Waals surface area contributed by atoms with Crippen LogP contribution in [-0.4, -0.2) is 25.0 Å². The van der Waals surface area contributed by atoms with Crippen LogP contribution in [0.25, 0.3) is 0 Å². The SMILES string of the molecule is CC/C(C)=N/OC(=O)Nc1cccc(NC(=O)OC)c1. The monoisotopic (exact) mass is 279 g/mol. The van der Waals surface area contributed by atoms with Gasteiger partial charge in [0.15, 0.2) is 0 Å². The lowest BCUT2D eigenvalue weighted by molar-refractivity contribution is 0.166. The standard InChI is InChI=1S/C13H17N3O4/c1-4-9(2)16-20-13(18)15-11-7-5-6-10(8-11)14-12(17)19-3/h5-8H,4H2,1-3H3,(H,14,17)(H,15,18)/b16-9+. The fourth-order valence-electron chi connectivity index (χ4n) is 1.17. The highest BCUT2D eigenvalue weighted by atomic mass is 16.7. The van der Waals surface area contributed by atoms with Crippen molar-refractivity contribution in [3.63, 3.8) is 0 Å². The molecule has 2 N–H and O–H groups in total. The molecular weight excluding hydrogens is 262 g/mol. The van der Waals surface area contributed by atoms with E-state index in [0.717, 1.165) is 0 Å². The first-order valence-corrected chi connectivity index (χ1v) is 6.01. The third kappa shape index (κ3) is 5.38. The van der Waals surface area contributed by atoms with Crippen LogP contribution in [0.2, 0.25) is 0 Å². The van der Waals surface area contributed by atoms with Crippen molar-refractivity contribution in [1.29, 1.82) is 0 Å². The van der Waals surface area contributed by atoms with Crippen LogP contribution >= 0.6 is 0 Å². The van der Waals surface area contributed by atoms with Gasteiger partial charge in [-0.25, -0.2) is 9.59 Å². The van der Waals surface area contributed by atoms with Crippen LogP contribution in [0.5, 0.6) is 0 Å². The lowest BCUT2D eigenvalue weighted by Crippen LogP contribution is -2.13. The molecule has 0 aliphatic rings. The summed E-state index contributed by atoms with van der Waals surface area (Å²) < 4.78 is 4.47. The van der Waals surface area contributed by atoms with E-state index in [1.54, 1.807) is 31.2 Å². The van der Waals surface area contributed by atoms with Crippen LogP contribution < -0.4 is 10.6 Å². The Balaban J connectivity index is 2.62. The van der Waals surface area contributed by atoms with E-state index in [2.05, 4.69) is 25.4 Å². The van der Waals surface area contributed by atoms with Gasteiger partial charge in [0.2, 0.25) is 0 Å². The third-order valence-corrected chi connectivity index (χ3v) is 2.34. The van der Waals surface area contributed by atoms with Crippen molar-refractivity contribution in [2.45, 2.75) is 20.3 Å². The van der Waals surface area contributed by atoms with Crippen LogP contribution in [-0.2, 0) is 9.57 Å². The molecule has 0 saturated heterocycles. The summed E-state index contributed by atoms with van der Waals surface area (Å²) in [7, 11) is 1.27. The Morgan fingerprint density at radius 3 is 2.35 bits per heavy atom. The van der Waals surface area contributed by atoms with Gasteiger partial charge in [0.05, 0.1) is 12.8 Å². The van der Waals surface area contributed by atoms with E-state index < -0.39 is 12.2 Å². The average Bonchev–Trinajstić information content (AvgIpc) is 2.44. The maximum absolute atomic E-state index is 11.5. The maximum Gasteiger partial charge on any atom is 0.437 e. The summed E-state index contributed by atoms with van der Waals surface area (Å²) in [5, 5.41) is 8.61. The number of ether oxygens (including phenoxy) is 1. The molecule has 0 saturated carbocycles. The zero-order valence-electron chi connectivity index (χ0n) is 11.6. The zero-order chi connectivity index (χ0) is 15.0. The first-order valence-electron chi connectivity index (χ1n) is 6.01. The minimum absolute atomic E-state index is 0.466. The summed E-state index contributed by atoms with van der Waals surface area (Å²) in [5.41, 5.74) is 1.66. The molecule has 0 atom stereocenters. The van der Waals surface area contributed by atoms with Gasteiger partial charge in [-0.2, -0.15) is 0 Å². The number of rotatable bonds is 4. The first kappa shape index (κ1) is 15.5. The van der Waals surface area contributed by atoms with E-state index in [0.29, 0.717) is 23.5 Å². The molecule has 0 aliphatic heterocycles. The predicted molar refractivity (Wildman–Crippen MR) is 76.0 cm³/mol. The van der Waals surface area contributed by atoms with Gasteiger partial charge in [0.25, 0.3) is 0 Å². The van der Waals surface area contributed by atoms with E-state index in [1.807, 2.05) is 6.92 Å². The highest BCUT2D eigenvalue weighted by Crippen LogP contribution is 2.15. The number of carbonyl (C=O) groups is 2. The number of benzene rings is 1. The molecule has 0 fully saturated rings. The Kier molecular flexibility index (Phi) is 6.02. The van der Waals surface area contributed by atoms with Crippen molar-refractivity contribution in [3.8, 4) is 0 Å². The van der Waals surface area contributed by atoms with E-state index in [4.69, 9.17) is 0 Å². The second-order valence-electron chi connectivity index (χ2n) is 3.88. The molecule has 7 nitrogen and oxygen atoms in total. The van der Waals surface area contributed by atoms with Crippen LogP contribution in [0, 0.1) is 0 Å². The van der Waals surface area contributed by atoms with Crippen LogP contribution in [0.4, 0.5) is 21.0 Å². The molecule has 0 heterocycles. The van der Waals surface area contributed by atoms with Gasteiger partial charge >= 0.3 is 12.2 Å². The molecule has 108 valence electrons. The summed E-state index contributed by atoms with van der Waals surface area (Å²) in [6.07, 6.45) is -0.591. The number of nitrogens with one attached hydrogen (secondary N) is 2. The number of nitrogens with zero attached hydrogens (tertiary/aromatic N) is 1. The smallest absolute Gasteiger partial charge is 0.437 e. The summed E-state index contributed by atoms with van der Waals surface area (Å²) >= 11 is 0. The number of hydrogen-bond acceptors (Lipinski definition) is 5. The molecule has 2 amide bonds. The van der Waals surface area contributed by atoms with Crippen molar-refractivity contribution >= 4 is 29.3 Å². The van der Waals surface area contributed by atoms with Gasteiger partial charge < -0.3 is 4.74 Å². The predicted octanol–water partition coefficient (Wildman–Crippen LogP) is 3.20. The van der Waals surface area contributed by atoms with Crippen molar-refractivity contribution < 1.29 is 19.2 Å². The molecule has 0 unspecified atom stereocenters. The fraction of sp³-hybridized carbons (Fsp3) is 0.308. The summed E-state index contributed by atoms with van der Waals surface area (Å²) in [4.78, 5) is 27.2. The number of carbonyl (C=O) groups excluding carboxylic acids is 2. The topological polar surface area (TPSA) is 89.0 Å². The Labute approximate surface area is 116 Å². The van der Waals surface area contributed by atoms with Gasteiger partial charge in [-0.1, -0.05) is 18.1 Å². The Morgan fingerprint density at radius 2 is 1.80 bits per heavy atom. The minimum Gasteiger partial charge on any atom is -0.453 e. The van der Waals surface area contributed by atoms with Crippen molar-refractivity contribution in [2.75, 3.05) is 17.7 Å². The lowest BCUT2D eigenvalue weighted by Gasteiger charge is -2.07. The number of hydrogen-bond donors (Lipinski definition) is 2. The molecule has 0 aliphatic carbocycles. The zero-order valence-corrected chi connectivity index (χ0v) is 11.6. The van der Waals surface area contributed by atoms with Gasteiger partial charge in [0.1, 0.15) is 0 Å². The second-order valence-corrected chi connectivity index (χ2v) is 3.88. The molecule has 20 heavy (non-hydrogen) atoms. The van der Waals surface area contributed by atoms with Crippen molar-refractivity contribution in [3.05, 3.63) is 24.3 Å². The summed E-state index contributed by atoms with van der Waals surface area (Å²) in [5.74, 6) is 0. The third-order valence-electron chi connectivity index (χ3n) is 2.34.